The Labute approximate surface area is 181 Å². The fraction of sp³-hybridized carbons (Fsp3) is 0.200. The SMILES string of the molecule is CN(C)C(=O)[C@@H](CC(=O)O)c1ccc(OCc2ccc(Oc3ccccc3)cc2)cc1. The number of nitrogens with zero attached hydrogens (tertiary/aromatic N) is 1. The van der Waals surface area contributed by atoms with E-state index in [-0.39, 0.29) is 12.3 Å². The zero-order valence-corrected chi connectivity index (χ0v) is 17.5. The molecule has 0 heterocycles. The van der Waals surface area contributed by atoms with Crippen LogP contribution >= 0.6 is 0 Å². The van der Waals surface area contributed by atoms with Gasteiger partial charge in [-0.1, -0.05) is 42.5 Å². The van der Waals surface area contributed by atoms with E-state index >= 15 is 0 Å². The zero-order valence-electron chi connectivity index (χ0n) is 17.5. The number of likely N-dealkylation sites (N-methyl/N-ethyl adjacent to an activating group) is 1. The molecule has 6 heteroatoms. The maximum Gasteiger partial charge on any atom is 0.304 e. The van der Waals surface area contributed by atoms with Crippen LogP contribution in [0.25, 0.3) is 0 Å². The van der Waals surface area contributed by atoms with E-state index in [2.05, 4.69) is 0 Å². The van der Waals surface area contributed by atoms with Crippen molar-refractivity contribution in [2.45, 2.75) is 18.9 Å². The van der Waals surface area contributed by atoms with E-state index in [0.29, 0.717) is 17.9 Å². The highest BCUT2D eigenvalue weighted by atomic mass is 16.5. The van der Waals surface area contributed by atoms with Gasteiger partial charge < -0.3 is 19.5 Å². The lowest BCUT2D eigenvalue weighted by Crippen LogP contribution is -2.29. The summed E-state index contributed by atoms with van der Waals surface area (Å²) < 4.78 is 11.6. The molecule has 0 aromatic heterocycles. The minimum Gasteiger partial charge on any atom is -0.489 e. The van der Waals surface area contributed by atoms with Crippen molar-refractivity contribution in [2.75, 3.05) is 14.1 Å². The Morgan fingerprint density at radius 3 is 2.00 bits per heavy atom. The lowest BCUT2D eigenvalue weighted by atomic mass is 9.94. The first-order chi connectivity index (χ1) is 14.9. The number of para-hydroxylation sites is 1. The second-order valence-corrected chi connectivity index (χ2v) is 7.30. The Balaban J connectivity index is 1.59. The third-order valence-electron chi connectivity index (χ3n) is 4.71. The van der Waals surface area contributed by atoms with Gasteiger partial charge in [0.25, 0.3) is 0 Å². The number of ether oxygens (including phenoxy) is 2. The van der Waals surface area contributed by atoms with Gasteiger partial charge in [0, 0.05) is 14.1 Å². The molecule has 160 valence electrons. The normalized spacial score (nSPS) is 11.4. The quantitative estimate of drug-likeness (QED) is 0.544. The minimum atomic E-state index is -1.01. The summed E-state index contributed by atoms with van der Waals surface area (Å²) in [7, 11) is 3.23. The predicted molar refractivity (Wildman–Crippen MR) is 117 cm³/mol. The summed E-state index contributed by atoms with van der Waals surface area (Å²) in [5, 5.41) is 9.14. The van der Waals surface area contributed by atoms with E-state index < -0.39 is 11.9 Å². The molecule has 0 aliphatic heterocycles. The molecule has 0 saturated heterocycles. The zero-order chi connectivity index (χ0) is 22.2. The van der Waals surface area contributed by atoms with Crippen molar-refractivity contribution in [3.8, 4) is 17.2 Å². The van der Waals surface area contributed by atoms with E-state index in [4.69, 9.17) is 14.6 Å². The number of hydrogen-bond donors (Lipinski definition) is 1. The first-order valence-electron chi connectivity index (χ1n) is 9.90. The predicted octanol–water partition coefficient (Wildman–Crippen LogP) is 4.70. The summed E-state index contributed by atoms with van der Waals surface area (Å²) in [5.41, 5.74) is 1.63. The van der Waals surface area contributed by atoms with Crippen LogP contribution in [0.15, 0.2) is 78.9 Å². The standard InChI is InChI=1S/C25H25NO5/c1-26(2)25(29)23(16-24(27)28)19-10-14-20(15-11-19)30-17-18-8-12-22(13-9-18)31-21-6-4-3-5-7-21/h3-15,23H,16-17H2,1-2H3,(H,27,28)/t23-/m0/s1. The summed E-state index contributed by atoms with van der Waals surface area (Å²) in [6, 6.07) is 24.2. The van der Waals surface area contributed by atoms with Crippen LogP contribution in [0.1, 0.15) is 23.5 Å². The third kappa shape index (κ3) is 6.34. The van der Waals surface area contributed by atoms with Gasteiger partial charge in [0.15, 0.2) is 0 Å². The average molecular weight is 419 g/mol. The molecule has 3 aromatic carbocycles. The fourth-order valence-corrected chi connectivity index (χ4v) is 3.08. The molecule has 0 spiro atoms. The van der Waals surface area contributed by atoms with E-state index in [1.165, 1.54) is 4.90 Å². The van der Waals surface area contributed by atoms with Gasteiger partial charge in [-0.2, -0.15) is 0 Å². The first kappa shape index (κ1) is 21.9. The lowest BCUT2D eigenvalue weighted by molar-refractivity contribution is -0.141. The summed E-state index contributed by atoms with van der Waals surface area (Å²) in [5.74, 6) is 0.183. The Bertz CT molecular complexity index is 998. The highest BCUT2D eigenvalue weighted by Gasteiger charge is 2.25. The monoisotopic (exact) mass is 419 g/mol. The maximum absolute atomic E-state index is 12.3. The average Bonchev–Trinajstić information content (AvgIpc) is 2.77. The number of carbonyl (C=O) groups is 2. The van der Waals surface area contributed by atoms with Crippen LogP contribution in [0.5, 0.6) is 17.2 Å². The van der Waals surface area contributed by atoms with Crippen LogP contribution in [-0.2, 0) is 16.2 Å². The molecule has 0 fully saturated rings. The molecule has 3 aromatic rings. The van der Waals surface area contributed by atoms with Crippen LogP contribution in [0.2, 0.25) is 0 Å². The van der Waals surface area contributed by atoms with Crippen LogP contribution in [0.4, 0.5) is 0 Å². The molecular weight excluding hydrogens is 394 g/mol. The van der Waals surface area contributed by atoms with E-state index in [1.54, 1.807) is 38.4 Å². The summed E-state index contributed by atoms with van der Waals surface area (Å²) in [6.07, 6.45) is -0.255. The van der Waals surface area contributed by atoms with Gasteiger partial charge in [-0.3, -0.25) is 9.59 Å². The van der Waals surface area contributed by atoms with E-state index in [9.17, 15) is 9.59 Å². The highest BCUT2D eigenvalue weighted by molar-refractivity contribution is 5.87. The molecule has 0 saturated carbocycles. The molecule has 6 nitrogen and oxygen atoms in total. The third-order valence-corrected chi connectivity index (χ3v) is 4.71. The lowest BCUT2D eigenvalue weighted by Gasteiger charge is -2.19. The van der Waals surface area contributed by atoms with Crippen LogP contribution < -0.4 is 9.47 Å². The molecule has 0 radical (unpaired) electrons. The Kier molecular flexibility index (Phi) is 7.27. The summed E-state index contributed by atoms with van der Waals surface area (Å²) in [4.78, 5) is 24.9. The van der Waals surface area contributed by atoms with E-state index in [0.717, 1.165) is 17.1 Å². The Morgan fingerprint density at radius 1 is 0.839 bits per heavy atom. The van der Waals surface area contributed by atoms with Crippen LogP contribution in [0.3, 0.4) is 0 Å². The molecule has 1 N–H and O–H groups in total. The molecule has 3 rings (SSSR count). The fourth-order valence-electron chi connectivity index (χ4n) is 3.08. The summed E-state index contributed by atoms with van der Waals surface area (Å²) >= 11 is 0. The maximum atomic E-state index is 12.3. The number of rotatable bonds is 9. The van der Waals surface area contributed by atoms with Crippen LogP contribution in [0, 0.1) is 0 Å². The van der Waals surface area contributed by atoms with Crippen molar-refractivity contribution in [1.82, 2.24) is 4.90 Å². The Morgan fingerprint density at radius 2 is 1.42 bits per heavy atom. The van der Waals surface area contributed by atoms with Gasteiger partial charge in [-0.05, 0) is 47.5 Å². The molecule has 0 aliphatic rings. The molecule has 0 unspecified atom stereocenters. The molecular formula is C25H25NO5. The van der Waals surface area contributed by atoms with E-state index in [1.807, 2.05) is 54.6 Å². The van der Waals surface area contributed by atoms with Crippen molar-refractivity contribution in [3.05, 3.63) is 90.0 Å². The molecule has 1 atom stereocenters. The topological polar surface area (TPSA) is 76.1 Å². The van der Waals surface area contributed by atoms with Crippen LogP contribution in [-0.4, -0.2) is 36.0 Å². The van der Waals surface area contributed by atoms with Gasteiger partial charge in [-0.15, -0.1) is 0 Å². The molecule has 0 bridgehead atoms. The molecule has 0 aliphatic carbocycles. The van der Waals surface area contributed by atoms with Crippen molar-refractivity contribution < 1.29 is 24.2 Å². The number of amides is 1. The second-order valence-electron chi connectivity index (χ2n) is 7.30. The van der Waals surface area contributed by atoms with Gasteiger partial charge in [0.1, 0.15) is 23.9 Å². The number of carboxylic acids is 1. The number of benzene rings is 3. The number of carboxylic acid groups (broad SMARTS) is 1. The number of aliphatic carboxylic acids is 1. The largest absolute Gasteiger partial charge is 0.489 e. The highest BCUT2D eigenvalue weighted by Crippen LogP contribution is 2.25. The van der Waals surface area contributed by atoms with Crippen molar-refractivity contribution in [1.29, 1.82) is 0 Å². The van der Waals surface area contributed by atoms with Crippen molar-refractivity contribution >= 4 is 11.9 Å². The van der Waals surface area contributed by atoms with Crippen molar-refractivity contribution in [2.24, 2.45) is 0 Å². The minimum absolute atomic E-state index is 0.242. The second kappa shape index (κ2) is 10.3. The van der Waals surface area contributed by atoms with Gasteiger partial charge in [0.2, 0.25) is 5.91 Å². The number of hydrogen-bond acceptors (Lipinski definition) is 4. The molecule has 1 amide bonds. The summed E-state index contributed by atoms with van der Waals surface area (Å²) in [6.45, 7) is 0.375. The smallest absolute Gasteiger partial charge is 0.304 e. The van der Waals surface area contributed by atoms with Crippen molar-refractivity contribution in [3.63, 3.8) is 0 Å². The Hall–Kier alpha value is -3.80. The first-order valence-corrected chi connectivity index (χ1v) is 9.90. The molecule has 31 heavy (non-hydrogen) atoms. The number of carbonyl (C=O) groups excluding carboxylic acids is 1. The van der Waals surface area contributed by atoms with Gasteiger partial charge >= 0.3 is 5.97 Å². The van der Waals surface area contributed by atoms with Gasteiger partial charge in [0.05, 0.1) is 12.3 Å². The van der Waals surface area contributed by atoms with Gasteiger partial charge in [-0.25, -0.2) is 0 Å².